The van der Waals surface area contributed by atoms with Crippen molar-refractivity contribution in [2.75, 3.05) is 13.1 Å². The van der Waals surface area contributed by atoms with Crippen LogP contribution in [0.25, 0.3) is 0 Å². The normalized spacial score (nSPS) is 17.2. The maximum Gasteiger partial charge on any atom is 0.320 e. The molecule has 0 aromatic heterocycles. The van der Waals surface area contributed by atoms with Crippen LogP contribution >= 0.6 is 0 Å². The summed E-state index contributed by atoms with van der Waals surface area (Å²) in [6.07, 6.45) is 5.31. The average molecular weight is 350 g/mol. The zero-order valence-electron chi connectivity index (χ0n) is 14.7. The summed E-state index contributed by atoms with van der Waals surface area (Å²) in [5.74, 6) is -1.41. The number of halogens is 1. The van der Waals surface area contributed by atoms with Crippen molar-refractivity contribution < 1.29 is 19.1 Å². The Morgan fingerprint density at radius 1 is 1.24 bits per heavy atom. The van der Waals surface area contributed by atoms with Crippen LogP contribution in [0.15, 0.2) is 24.3 Å². The molecular formula is C19H27FN2O3. The number of hydrogen-bond acceptors (Lipinski definition) is 3. The second-order valence-electron chi connectivity index (χ2n) is 6.83. The molecule has 2 rings (SSSR count). The minimum absolute atomic E-state index is 0.0174. The minimum atomic E-state index is -0.937. The van der Waals surface area contributed by atoms with E-state index in [1.165, 1.54) is 12.1 Å². The van der Waals surface area contributed by atoms with E-state index in [0.29, 0.717) is 13.0 Å². The molecule has 0 aliphatic heterocycles. The number of nitrogens with one attached hydrogen (secondary N) is 2. The highest BCUT2D eigenvalue weighted by molar-refractivity contribution is 5.80. The Bertz CT molecular complexity index is 583. The van der Waals surface area contributed by atoms with Gasteiger partial charge < -0.3 is 10.4 Å². The lowest BCUT2D eigenvalue weighted by Crippen LogP contribution is -2.46. The average Bonchev–Trinajstić information content (AvgIpc) is 3.07. The van der Waals surface area contributed by atoms with Crippen LogP contribution in [-0.2, 0) is 15.0 Å². The molecule has 1 atom stereocenters. The summed E-state index contributed by atoms with van der Waals surface area (Å²) >= 11 is 0. The topological polar surface area (TPSA) is 78.4 Å². The molecule has 0 spiro atoms. The molecule has 1 aliphatic carbocycles. The number of rotatable bonds is 9. The lowest BCUT2D eigenvalue weighted by atomic mass is 9.79. The van der Waals surface area contributed by atoms with Gasteiger partial charge in [-0.1, -0.05) is 38.3 Å². The maximum atomic E-state index is 13.2. The Labute approximate surface area is 148 Å². The fourth-order valence-electron chi connectivity index (χ4n) is 3.57. The van der Waals surface area contributed by atoms with Gasteiger partial charge in [0.15, 0.2) is 0 Å². The van der Waals surface area contributed by atoms with Gasteiger partial charge in [-0.3, -0.25) is 14.9 Å². The third-order valence-corrected chi connectivity index (χ3v) is 5.03. The molecule has 138 valence electrons. The zero-order valence-corrected chi connectivity index (χ0v) is 14.7. The van der Waals surface area contributed by atoms with Gasteiger partial charge in [0, 0.05) is 12.0 Å². The zero-order chi connectivity index (χ0) is 18.3. The molecule has 1 fully saturated rings. The van der Waals surface area contributed by atoms with Crippen LogP contribution in [0, 0.1) is 5.82 Å². The fraction of sp³-hybridized carbons (Fsp3) is 0.579. The van der Waals surface area contributed by atoms with Crippen LogP contribution in [0.1, 0.15) is 51.0 Å². The van der Waals surface area contributed by atoms with Gasteiger partial charge in [-0.2, -0.15) is 0 Å². The van der Waals surface area contributed by atoms with Crippen LogP contribution in [0.5, 0.6) is 0 Å². The van der Waals surface area contributed by atoms with Crippen molar-refractivity contribution in [1.82, 2.24) is 10.6 Å². The molecule has 1 aromatic rings. The molecule has 0 bridgehead atoms. The Morgan fingerprint density at radius 2 is 1.88 bits per heavy atom. The lowest BCUT2D eigenvalue weighted by molar-refractivity contribution is -0.139. The summed E-state index contributed by atoms with van der Waals surface area (Å²) in [4.78, 5) is 23.2. The summed E-state index contributed by atoms with van der Waals surface area (Å²) < 4.78 is 13.2. The van der Waals surface area contributed by atoms with Gasteiger partial charge in [0.05, 0.1) is 6.54 Å². The number of carboxylic acid groups (broad SMARTS) is 1. The van der Waals surface area contributed by atoms with E-state index in [1.54, 1.807) is 12.1 Å². The first-order valence-corrected chi connectivity index (χ1v) is 8.96. The summed E-state index contributed by atoms with van der Waals surface area (Å²) in [5.41, 5.74) is 0.896. The van der Waals surface area contributed by atoms with Gasteiger partial charge in [-0.15, -0.1) is 0 Å². The highest BCUT2D eigenvalue weighted by atomic mass is 19.1. The van der Waals surface area contributed by atoms with Crippen molar-refractivity contribution in [3.8, 4) is 0 Å². The van der Waals surface area contributed by atoms with Gasteiger partial charge in [0.2, 0.25) is 5.91 Å². The van der Waals surface area contributed by atoms with Crippen LogP contribution in [0.3, 0.4) is 0 Å². The van der Waals surface area contributed by atoms with Crippen molar-refractivity contribution in [3.05, 3.63) is 35.6 Å². The number of amides is 1. The van der Waals surface area contributed by atoms with E-state index in [0.717, 1.165) is 37.7 Å². The third kappa shape index (κ3) is 5.26. The highest BCUT2D eigenvalue weighted by Gasteiger charge is 2.35. The molecule has 0 radical (unpaired) electrons. The van der Waals surface area contributed by atoms with Crippen molar-refractivity contribution in [1.29, 1.82) is 0 Å². The van der Waals surface area contributed by atoms with Crippen molar-refractivity contribution >= 4 is 11.9 Å². The first kappa shape index (κ1) is 19.4. The number of carbonyl (C=O) groups excluding carboxylic acids is 1. The number of carboxylic acids is 1. The molecule has 0 heterocycles. The first-order valence-electron chi connectivity index (χ1n) is 8.96. The molecule has 3 N–H and O–H groups in total. The second kappa shape index (κ2) is 8.94. The Hall–Kier alpha value is -1.95. The molecule has 5 nitrogen and oxygen atoms in total. The lowest BCUT2D eigenvalue weighted by Gasteiger charge is -2.30. The molecule has 25 heavy (non-hydrogen) atoms. The van der Waals surface area contributed by atoms with E-state index in [9.17, 15) is 14.0 Å². The predicted molar refractivity (Wildman–Crippen MR) is 93.9 cm³/mol. The van der Waals surface area contributed by atoms with Crippen molar-refractivity contribution in [2.45, 2.75) is 56.9 Å². The smallest absolute Gasteiger partial charge is 0.320 e. The molecular weight excluding hydrogens is 323 g/mol. The Kier molecular flexibility index (Phi) is 6.93. The summed E-state index contributed by atoms with van der Waals surface area (Å²) in [6.45, 7) is 2.38. The second-order valence-corrected chi connectivity index (χ2v) is 6.83. The largest absolute Gasteiger partial charge is 0.480 e. The monoisotopic (exact) mass is 350 g/mol. The van der Waals surface area contributed by atoms with Crippen LogP contribution in [0.2, 0.25) is 0 Å². The van der Waals surface area contributed by atoms with E-state index in [1.807, 2.05) is 6.92 Å². The number of benzene rings is 1. The molecule has 1 unspecified atom stereocenters. The van der Waals surface area contributed by atoms with E-state index in [2.05, 4.69) is 10.6 Å². The van der Waals surface area contributed by atoms with Crippen LogP contribution in [0.4, 0.5) is 4.39 Å². The molecule has 0 saturated heterocycles. The van der Waals surface area contributed by atoms with Crippen LogP contribution in [-0.4, -0.2) is 36.1 Å². The SMILES string of the molecule is CCCC(NCC(=O)NCC1(c2ccc(F)cc2)CCCC1)C(=O)O. The van der Waals surface area contributed by atoms with E-state index < -0.39 is 12.0 Å². The number of hydrogen-bond donors (Lipinski definition) is 3. The van der Waals surface area contributed by atoms with Gasteiger partial charge in [-0.25, -0.2) is 4.39 Å². The first-order chi connectivity index (χ1) is 12.0. The predicted octanol–water partition coefficient (Wildman–Crippen LogP) is 2.60. The molecule has 1 saturated carbocycles. The van der Waals surface area contributed by atoms with Gasteiger partial charge >= 0.3 is 5.97 Å². The summed E-state index contributed by atoms with van der Waals surface area (Å²) in [6, 6.07) is 5.81. The van der Waals surface area contributed by atoms with Gasteiger partial charge in [0.1, 0.15) is 11.9 Å². The molecule has 1 amide bonds. The fourth-order valence-corrected chi connectivity index (χ4v) is 3.57. The van der Waals surface area contributed by atoms with Gasteiger partial charge in [0.25, 0.3) is 0 Å². The number of aliphatic carboxylic acids is 1. The Morgan fingerprint density at radius 3 is 2.44 bits per heavy atom. The van der Waals surface area contributed by atoms with Gasteiger partial charge in [-0.05, 0) is 37.0 Å². The standard InChI is InChI=1S/C19H27FN2O3/c1-2-5-16(18(24)25)21-12-17(23)22-13-19(10-3-4-11-19)14-6-8-15(20)9-7-14/h6-9,16,21H,2-5,10-13H2,1H3,(H,22,23)(H,24,25). The maximum absolute atomic E-state index is 13.2. The van der Waals surface area contributed by atoms with E-state index in [-0.39, 0.29) is 23.7 Å². The summed E-state index contributed by atoms with van der Waals surface area (Å²) in [5, 5.41) is 14.8. The Balaban J connectivity index is 1.91. The van der Waals surface area contributed by atoms with E-state index in [4.69, 9.17) is 5.11 Å². The van der Waals surface area contributed by atoms with Crippen molar-refractivity contribution in [3.63, 3.8) is 0 Å². The molecule has 1 aliphatic rings. The summed E-state index contributed by atoms with van der Waals surface area (Å²) in [7, 11) is 0. The molecule has 6 heteroatoms. The third-order valence-electron chi connectivity index (χ3n) is 5.03. The minimum Gasteiger partial charge on any atom is -0.480 e. The molecule has 1 aromatic carbocycles. The number of carbonyl (C=O) groups is 2. The van der Waals surface area contributed by atoms with Crippen molar-refractivity contribution in [2.24, 2.45) is 0 Å². The van der Waals surface area contributed by atoms with E-state index >= 15 is 0 Å². The van der Waals surface area contributed by atoms with Crippen LogP contribution < -0.4 is 10.6 Å². The quantitative estimate of drug-likeness (QED) is 0.640. The highest BCUT2D eigenvalue weighted by Crippen LogP contribution is 2.40.